The summed E-state index contributed by atoms with van der Waals surface area (Å²) >= 11 is 0.953. The van der Waals surface area contributed by atoms with Crippen molar-refractivity contribution in [2.75, 3.05) is 5.32 Å². The quantitative estimate of drug-likeness (QED) is 0.535. The molecule has 0 unspecified atom stereocenters. The molecule has 1 aliphatic rings. The Morgan fingerprint density at radius 1 is 1.28 bits per heavy atom. The SMILES string of the molecule is CC[C@H]1O[C@@H](c2ccncc2NC(=O)c2csc(-c3c(F)cccc3F)n2)C[C@@H](O)[C@@H]1O. The molecule has 1 saturated heterocycles. The third-order valence-electron chi connectivity index (χ3n) is 5.34. The van der Waals surface area contributed by atoms with Gasteiger partial charge in [-0.2, -0.15) is 0 Å². The van der Waals surface area contributed by atoms with Crippen molar-refractivity contribution in [2.24, 2.45) is 0 Å². The molecule has 3 aromatic rings. The van der Waals surface area contributed by atoms with E-state index in [4.69, 9.17) is 4.74 Å². The molecule has 1 fully saturated rings. The van der Waals surface area contributed by atoms with Crippen molar-refractivity contribution in [3.8, 4) is 10.6 Å². The molecule has 0 spiro atoms. The minimum atomic E-state index is -0.983. The molecule has 3 heterocycles. The Morgan fingerprint density at radius 2 is 2.03 bits per heavy atom. The highest BCUT2D eigenvalue weighted by Gasteiger charge is 2.37. The Kier molecular flexibility index (Phi) is 6.56. The van der Waals surface area contributed by atoms with Crippen LogP contribution in [0, 0.1) is 11.6 Å². The number of ether oxygens (including phenoxy) is 1. The van der Waals surface area contributed by atoms with Crippen LogP contribution < -0.4 is 5.32 Å². The number of halogens is 2. The van der Waals surface area contributed by atoms with Gasteiger partial charge in [-0.05, 0) is 24.6 Å². The van der Waals surface area contributed by atoms with Crippen LogP contribution in [-0.2, 0) is 4.74 Å². The first-order valence-electron chi connectivity index (χ1n) is 10.1. The lowest BCUT2D eigenvalue weighted by Crippen LogP contribution is -2.45. The summed E-state index contributed by atoms with van der Waals surface area (Å²) in [7, 11) is 0. The van der Waals surface area contributed by atoms with Gasteiger partial charge in [-0.1, -0.05) is 13.0 Å². The van der Waals surface area contributed by atoms with E-state index in [9.17, 15) is 23.8 Å². The molecule has 1 aromatic carbocycles. The van der Waals surface area contributed by atoms with Gasteiger partial charge < -0.3 is 20.3 Å². The molecule has 1 aliphatic heterocycles. The van der Waals surface area contributed by atoms with Crippen LogP contribution in [0.2, 0.25) is 0 Å². The Hall–Kier alpha value is -2.79. The third kappa shape index (κ3) is 4.40. The smallest absolute Gasteiger partial charge is 0.275 e. The first kappa shape index (κ1) is 22.4. The number of hydrogen-bond donors (Lipinski definition) is 3. The number of carbonyl (C=O) groups is 1. The predicted octanol–water partition coefficient (Wildman–Crippen LogP) is 3.70. The fourth-order valence-corrected chi connectivity index (χ4v) is 4.51. The van der Waals surface area contributed by atoms with Crippen molar-refractivity contribution < 1.29 is 28.5 Å². The standard InChI is InChI=1S/C22H21F2N3O4S/c1-2-17-20(29)16(28)8-18(31-17)11-6-7-25-9-14(11)26-21(30)15-10-32-22(27-15)19-12(23)4-3-5-13(19)24/h3-7,9-10,16-18,20,28-29H,2,8H2,1H3,(H,26,30)/t16-,17-,18-,20+/m1/s1. The van der Waals surface area contributed by atoms with Gasteiger partial charge in [-0.15, -0.1) is 11.3 Å². The normalized spacial score (nSPS) is 23.2. The van der Waals surface area contributed by atoms with Crippen LogP contribution in [0.5, 0.6) is 0 Å². The maximum atomic E-state index is 14.0. The summed E-state index contributed by atoms with van der Waals surface area (Å²) in [4.78, 5) is 20.9. The zero-order valence-corrected chi connectivity index (χ0v) is 17.9. The van der Waals surface area contributed by atoms with Crippen LogP contribution >= 0.6 is 11.3 Å². The molecule has 168 valence electrons. The summed E-state index contributed by atoms with van der Waals surface area (Å²) in [5.41, 5.74) is 0.655. The number of nitrogens with one attached hydrogen (secondary N) is 1. The highest BCUT2D eigenvalue weighted by atomic mass is 32.1. The Balaban J connectivity index is 1.56. The molecule has 0 bridgehead atoms. The highest BCUT2D eigenvalue weighted by Crippen LogP contribution is 2.36. The predicted molar refractivity (Wildman–Crippen MR) is 114 cm³/mol. The fourth-order valence-electron chi connectivity index (χ4n) is 3.66. The van der Waals surface area contributed by atoms with E-state index in [1.165, 1.54) is 23.8 Å². The molecule has 2 aromatic heterocycles. The molecular weight excluding hydrogens is 440 g/mol. The van der Waals surface area contributed by atoms with E-state index in [-0.39, 0.29) is 22.7 Å². The van der Waals surface area contributed by atoms with E-state index >= 15 is 0 Å². The van der Waals surface area contributed by atoms with E-state index in [1.807, 2.05) is 6.92 Å². The number of aromatic nitrogens is 2. The molecule has 4 rings (SSSR count). The molecule has 1 amide bonds. The second-order valence-electron chi connectivity index (χ2n) is 7.42. The number of nitrogens with zero attached hydrogens (tertiary/aromatic N) is 2. The summed E-state index contributed by atoms with van der Waals surface area (Å²) in [6.45, 7) is 1.84. The molecule has 7 nitrogen and oxygen atoms in total. The lowest BCUT2D eigenvalue weighted by atomic mass is 9.92. The molecule has 0 aliphatic carbocycles. The van der Waals surface area contributed by atoms with Crippen LogP contribution in [0.25, 0.3) is 10.6 Å². The fraction of sp³-hybridized carbons (Fsp3) is 0.318. The van der Waals surface area contributed by atoms with Crippen LogP contribution in [0.1, 0.15) is 41.9 Å². The number of carbonyl (C=O) groups excluding carboxylic acids is 1. The van der Waals surface area contributed by atoms with Gasteiger partial charge in [0, 0.05) is 23.6 Å². The zero-order valence-electron chi connectivity index (χ0n) is 17.0. The number of thiazole rings is 1. The Morgan fingerprint density at radius 3 is 2.75 bits per heavy atom. The van der Waals surface area contributed by atoms with E-state index in [0.717, 1.165) is 23.5 Å². The maximum absolute atomic E-state index is 14.0. The number of hydrogen-bond acceptors (Lipinski definition) is 7. The number of aliphatic hydroxyl groups is 2. The minimum absolute atomic E-state index is 0.00564. The molecule has 32 heavy (non-hydrogen) atoms. The average molecular weight is 461 g/mol. The van der Waals surface area contributed by atoms with Crippen LogP contribution in [0.4, 0.5) is 14.5 Å². The monoisotopic (exact) mass is 461 g/mol. The van der Waals surface area contributed by atoms with E-state index < -0.39 is 42.0 Å². The molecule has 10 heteroatoms. The number of anilines is 1. The second kappa shape index (κ2) is 9.37. The second-order valence-corrected chi connectivity index (χ2v) is 8.27. The number of amides is 1. The van der Waals surface area contributed by atoms with Gasteiger partial charge >= 0.3 is 0 Å². The summed E-state index contributed by atoms with van der Waals surface area (Å²) in [6, 6.07) is 5.17. The molecule has 3 N–H and O–H groups in total. The number of benzene rings is 1. The molecule has 4 atom stereocenters. The van der Waals surface area contributed by atoms with E-state index in [2.05, 4.69) is 15.3 Å². The van der Waals surface area contributed by atoms with Crippen molar-refractivity contribution >= 4 is 22.9 Å². The van der Waals surface area contributed by atoms with Crippen molar-refractivity contribution in [1.29, 1.82) is 0 Å². The van der Waals surface area contributed by atoms with Crippen molar-refractivity contribution in [3.63, 3.8) is 0 Å². The van der Waals surface area contributed by atoms with Gasteiger partial charge in [0.1, 0.15) is 28.4 Å². The van der Waals surface area contributed by atoms with Crippen molar-refractivity contribution in [3.05, 3.63) is 64.9 Å². The summed E-state index contributed by atoms with van der Waals surface area (Å²) < 4.78 is 34.0. The van der Waals surface area contributed by atoms with Crippen LogP contribution in [0.3, 0.4) is 0 Å². The first-order valence-corrected chi connectivity index (χ1v) is 10.9. The van der Waals surface area contributed by atoms with E-state index in [0.29, 0.717) is 17.7 Å². The number of rotatable bonds is 5. The number of aliphatic hydroxyl groups excluding tert-OH is 2. The summed E-state index contributed by atoms with van der Waals surface area (Å²) in [5.74, 6) is -2.11. The average Bonchev–Trinajstić information content (AvgIpc) is 3.26. The first-order chi connectivity index (χ1) is 15.4. The van der Waals surface area contributed by atoms with Gasteiger partial charge in [0.25, 0.3) is 5.91 Å². The topological polar surface area (TPSA) is 105 Å². The Bertz CT molecular complexity index is 1110. The molecule has 0 saturated carbocycles. The third-order valence-corrected chi connectivity index (χ3v) is 6.20. The van der Waals surface area contributed by atoms with Crippen LogP contribution in [-0.4, -0.2) is 44.4 Å². The Labute approximate surface area is 186 Å². The highest BCUT2D eigenvalue weighted by molar-refractivity contribution is 7.13. The van der Waals surface area contributed by atoms with Crippen LogP contribution in [0.15, 0.2) is 42.0 Å². The minimum Gasteiger partial charge on any atom is -0.390 e. The molecule has 0 radical (unpaired) electrons. The van der Waals surface area contributed by atoms with Crippen molar-refractivity contribution in [2.45, 2.75) is 44.2 Å². The maximum Gasteiger partial charge on any atom is 0.275 e. The number of pyridine rings is 1. The van der Waals surface area contributed by atoms with Gasteiger partial charge in [0.15, 0.2) is 0 Å². The van der Waals surface area contributed by atoms with Gasteiger partial charge in [-0.25, -0.2) is 13.8 Å². The zero-order chi connectivity index (χ0) is 22.8. The van der Waals surface area contributed by atoms with Crippen molar-refractivity contribution in [1.82, 2.24) is 9.97 Å². The largest absolute Gasteiger partial charge is 0.390 e. The lowest BCUT2D eigenvalue weighted by Gasteiger charge is -2.37. The lowest BCUT2D eigenvalue weighted by molar-refractivity contribution is -0.170. The van der Waals surface area contributed by atoms with Gasteiger partial charge in [0.2, 0.25) is 0 Å². The van der Waals surface area contributed by atoms with Gasteiger partial charge in [-0.3, -0.25) is 9.78 Å². The van der Waals surface area contributed by atoms with Gasteiger partial charge in [0.05, 0.1) is 35.8 Å². The van der Waals surface area contributed by atoms with E-state index in [1.54, 1.807) is 6.07 Å². The summed E-state index contributed by atoms with van der Waals surface area (Å²) in [6.07, 6.45) is 0.587. The molecular formula is C22H21F2N3O4S. The summed E-state index contributed by atoms with van der Waals surface area (Å²) in [5, 5.41) is 24.5.